The van der Waals surface area contributed by atoms with Crippen LogP contribution in [0.3, 0.4) is 0 Å². The molecule has 0 heterocycles. The molecule has 0 aliphatic heterocycles. The summed E-state index contributed by atoms with van der Waals surface area (Å²) in [5.41, 5.74) is 0.403. The number of aliphatic carboxylic acids is 1. The molecule has 0 saturated carbocycles. The summed E-state index contributed by atoms with van der Waals surface area (Å²) in [7, 11) is 0. The van der Waals surface area contributed by atoms with Crippen LogP contribution < -0.4 is 0 Å². The average Bonchev–Trinajstić information content (AvgIpc) is 2.05. The SMILES string of the molecule is O.O=C(O)[C@H](O)c1ccccc1.[NaH]. The van der Waals surface area contributed by atoms with E-state index in [9.17, 15) is 4.79 Å². The zero-order valence-corrected chi connectivity index (χ0v) is 6.27. The van der Waals surface area contributed by atoms with Crippen molar-refractivity contribution in [1.82, 2.24) is 0 Å². The molecule has 0 aliphatic rings. The molecule has 0 radical (unpaired) electrons. The third kappa shape index (κ3) is 4.40. The van der Waals surface area contributed by atoms with Crippen molar-refractivity contribution in [2.75, 3.05) is 0 Å². The normalized spacial score (nSPS) is 10.5. The van der Waals surface area contributed by atoms with Crippen LogP contribution in [0.2, 0.25) is 0 Å². The van der Waals surface area contributed by atoms with E-state index in [-0.39, 0.29) is 35.0 Å². The second-order valence-electron chi connectivity index (χ2n) is 2.15. The molecule has 1 rings (SSSR count). The zero-order chi connectivity index (χ0) is 8.27. The number of hydrogen-bond donors (Lipinski definition) is 2. The summed E-state index contributed by atoms with van der Waals surface area (Å²) in [6.07, 6.45) is -1.41. The van der Waals surface area contributed by atoms with Gasteiger partial charge in [-0.25, -0.2) is 4.79 Å². The molecule has 4 nitrogen and oxygen atoms in total. The Hall–Kier alpha value is -0.390. The maximum atomic E-state index is 10.2. The number of benzene rings is 1. The fourth-order valence-corrected chi connectivity index (χ4v) is 0.778. The number of carbonyl (C=O) groups is 1. The first-order valence-electron chi connectivity index (χ1n) is 3.17. The van der Waals surface area contributed by atoms with Crippen molar-refractivity contribution in [3.05, 3.63) is 35.9 Å². The molecule has 1 aromatic carbocycles. The Bertz CT molecular complexity index is 250. The van der Waals surface area contributed by atoms with Gasteiger partial charge in [-0.15, -0.1) is 0 Å². The number of rotatable bonds is 2. The van der Waals surface area contributed by atoms with Crippen LogP contribution in [0, 0.1) is 0 Å². The van der Waals surface area contributed by atoms with Gasteiger partial charge in [0.1, 0.15) is 0 Å². The molecule has 13 heavy (non-hydrogen) atoms. The van der Waals surface area contributed by atoms with Gasteiger partial charge >= 0.3 is 35.5 Å². The van der Waals surface area contributed by atoms with E-state index in [0.29, 0.717) is 5.56 Å². The molecule has 0 amide bonds. The van der Waals surface area contributed by atoms with Crippen LogP contribution in [0.1, 0.15) is 11.7 Å². The first-order valence-corrected chi connectivity index (χ1v) is 3.17. The Morgan fingerprint density at radius 2 is 1.69 bits per heavy atom. The van der Waals surface area contributed by atoms with Crippen LogP contribution in [0.15, 0.2) is 30.3 Å². The minimum absolute atomic E-state index is 0. The van der Waals surface area contributed by atoms with Gasteiger partial charge in [0.05, 0.1) is 0 Å². The van der Waals surface area contributed by atoms with Gasteiger partial charge < -0.3 is 15.7 Å². The molecule has 0 aromatic heterocycles. The quantitative estimate of drug-likeness (QED) is 0.612. The Balaban J connectivity index is 0. The van der Waals surface area contributed by atoms with Crippen molar-refractivity contribution in [3.8, 4) is 0 Å². The molecule has 4 N–H and O–H groups in total. The maximum absolute atomic E-state index is 10.2. The van der Waals surface area contributed by atoms with Crippen molar-refractivity contribution in [2.45, 2.75) is 6.10 Å². The second-order valence-corrected chi connectivity index (χ2v) is 2.15. The third-order valence-corrected chi connectivity index (χ3v) is 1.35. The van der Waals surface area contributed by atoms with Crippen molar-refractivity contribution in [2.24, 2.45) is 0 Å². The van der Waals surface area contributed by atoms with E-state index in [0.717, 1.165) is 0 Å². The third-order valence-electron chi connectivity index (χ3n) is 1.35. The van der Waals surface area contributed by atoms with Gasteiger partial charge in [0.25, 0.3) is 0 Å². The van der Waals surface area contributed by atoms with Crippen molar-refractivity contribution < 1.29 is 20.5 Å². The van der Waals surface area contributed by atoms with Gasteiger partial charge in [-0.2, -0.15) is 0 Å². The fraction of sp³-hybridized carbons (Fsp3) is 0.125. The average molecular weight is 194 g/mol. The van der Waals surface area contributed by atoms with Crippen molar-refractivity contribution in [1.29, 1.82) is 0 Å². The molecule has 1 atom stereocenters. The Morgan fingerprint density at radius 3 is 2.08 bits per heavy atom. The predicted octanol–water partition coefficient (Wildman–Crippen LogP) is -0.669. The van der Waals surface area contributed by atoms with E-state index in [2.05, 4.69) is 0 Å². The van der Waals surface area contributed by atoms with Gasteiger partial charge in [-0.1, -0.05) is 30.3 Å². The summed E-state index contributed by atoms with van der Waals surface area (Å²) in [5, 5.41) is 17.4. The van der Waals surface area contributed by atoms with Crippen molar-refractivity contribution >= 4 is 35.5 Å². The first kappa shape index (κ1) is 15.1. The van der Waals surface area contributed by atoms with Gasteiger partial charge in [0, 0.05) is 0 Å². The molecule has 0 fully saturated rings. The summed E-state index contributed by atoms with van der Waals surface area (Å²) in [4.78, 5) is 10.2. The number of carboxylic acids is 1. The Labute approximate surface area is 97.8 Å². The topological polar surface area (TPSA) is 89.0 Å². The number of aliphatic hydroxyl groups is 1. The summed E-state index contributed by atoms with van der Waals surface area (Å²) >= 11 is 0. The summed E-state index contributed by atoms with van der Waals surface area (Å²) in [5.74, 6) is -1.23. The predicted molar refractivity (Wildman–Crippen MR) is 49.8 cm³/mol. The molecule has 68 valence electrons. The minimum atomic E-state index is -1.41. The van der Waals surface area contributed by atoms with E-state index < -0.39 is 12.1 Å². The van der Waals surface area contributed by atoms with Gasteiger partial charge in [-0.3, -0.25) is 0 Å². The summed E-state index contributed by atoms with van der Waals surface area (Å²) in [6.45, 7) is 0. The van der Waals surface area contributed by atoms with Gasteiger partial charge in [0.2, 0.25) is 0 Å². The molecule has 0 spiro atoms. The monoisotopic (exact) mass is 194 g/mol. The Kier molecular flexibility index (Phi) is 8.20. The molecule has 0 saturated heterocycles. The molecule has 0 aliphatic carbocycles. The van der Waals surface area contributed by atoms with Crippen LogP contribution in [-0.4, -0.2) is 51.2 Å². The fourth-order valence-electron chi connectivity index (χ4n) is 0.778. The van der Waals surface area contributed by atoms with E-state index in [1.807, 2.05) is 0 Å². The molecule has 0 bridgehead atoms. The zero-order valence-electron chi connectivity index (χ0n) is 6.27. The standard InChI is InChI=1S/C8H8O3.Na.H2O.H/c9-7(8(10)11)6-4-2-1-3-5-6;;;/h1-5,7,9H,(H,10,11);;1H2;/t7-;;;/m1.../s1. The van der Waals surface area contributed by atoms with E-state index in [1.165, 1.54) is 0 Å². The number of carboxylic acid groups (broad SMARTS) is 1. The van der Waals surface area contributed by atoms with E-state index in [4.69, 9.17) is 10.2 Å². The molecule has 1 aromatic rings. The van der Waals surface area contributed by atoms with E-state index in [1.54, 1.807) is 30.3 Å². The van der Waals surface area contributed by atoms with Gasteiger partial charge in [0.15, 0.2) is 6.10 Å². The molecule has 5 heteroatoms. The number of aliphatic hydroxyl groups excluding tert-OH is 1. The second kappa shape index (κ2) is 7.06. The van der Waals surface area contributed by atoms with Crippen LogP contribution in [0.25, 0.3) is 0 Å². The van der Waals surface area contributed by atoms with Crippen molar-refractivity contribution in [3.63, 3.8) is 0 Å². The first-order chi connectivity index (χ1) is 5.22. The number of hydrogen-bond acceptors (Lipinski definition) is 2. The van der Waals surface area contributed by atoms with Crippen LogP contribution >= 0.6 is 0 Å². The molecular weight excluding hydrogens is 183 g/mol. The van der Waals surface area contributed by atoms with Gasteiger partial charge in [-0.05, 0) is 5.56 Å². The molecule has 0 unspecified atom stereocenters. The van der Waals surface area contributed by atoms with Crippen LogP contribution in [0.5, 0.6) is 0 Å². The van der Waals surface area contributed by atoms with Crippen LogP contribution in [-0.2, 0) is 4.79 Å². The molecular formula is C8H11NaO4. The van der Waals surface area contributed by atoms with E-state index >= 15 is 0 Å². The van der Waals surface area contributed by atoms with Crippen LogP contribution in [0.4, 0.5) is 0 Å². The summed E-state index contributed by atoms with van der Waals surface area (Å²) in [6, 6.07) is 8.26. The Morgan fingerprint density at radius 1 is 1.23 bits per heavy atom. The summed E-state index contributed by atoms with van der Waals surface area (Å²) < 4.78 is 0.